The van der Waals surface area contributed by atoms with Crippen LogP contribution in [-0.4, -0.2) is 0 Å². The fraction of sp³-hybridized carbons (Fsp3) is 0.900. The van der Waals surface area contributed by atoms with Crippen molar-refractivity contribution in [3.05, 3.63) is 6.92 Å². The van der Waals surface area contributed by atoms with E-state index in [1.807, 2.05) is 0 Å². The summed E-state index contributed by atoms with van der Waals surface area (Å²) in [5.74, 6) is 3.43. The second kappa shape index (κ2) is 2.94. The van der Waals surface area contributed by atoms with E-state index in [1.54, 1.807) is 0 Å². The molecule has 0 aromatic heterocycles. The van der Waals surface area contributed by atoms with E-state index in [-0.39, 0.29) is 0 Å². The van der Waals surface area contributed by atoms with Gasteiger partial charge < -0.3 is 0 Å². The van der Waals surface area contributed by atoms with E-state index in [0.717, 1.165) is 23.7 Å². The molecule has 0 bridgehead atoms. The molecule has 0 N–H and O–H groups in total. The van der Waals surface area contributed by atoms with Crippen molar-refractivity contribution in [1.29, 1.82) is 0 Å². The van der Waals surface area contributed by atoms with Crippen LogP contribution in [0, 0.1) is 30.6 Å². The van der Waals surface area contributed by atoms with Crippen LogP contribution in [0.3, 0.4) is 0 Å². The Morgan fingerprint density at radius 1 is 1.00 bits per heavy atom. The van der Waals surface area contributed by atoms with E-state index in [0.29, 0.717) is 0 Å². The summed E-state index contributed by atoms with van der Waals surface area (Å²) in [6, 6.07) is 0. The molecule has 0 aromatic carbocycles. The fourth-order valence-electron chi connectivity index (χ4n) is 2.14. The Kier molecular flexibility index (Phi) is 2.38. The van der Waals surface area contributed by atoms with Gasteiger partial charge in [0.1, 0.15) is 0 Å². The molecular formula is C10H19. The summed E-state index contributed by atoms with van der Waals surface area (Å²) < 4.78 is 0. The average molecular weight is 139 g/mol. The summed E-state index contributed by atoms with van der Waals surface area (Å²) in [6.45, 7) is 11.2. The minimum absolute atomic E-state index is 0.723. The number of hydrogen-bond donors (Lipinski definition) is 0. The summed E-state index contributed by atoms with van der Waals surface area (Å²) in [6.07, 6.45) is 2.68. The van der Waals surface area contributed by atoms with Crippen LogP contribution in [0.1, 0.15) is 33.6 Å². The molecule has 0 saturated heterocycles. The van der Waals surface area contributed by atoms with Crippen LogP contribution in [-0.2, 0) is 0 Å². The van der Waals surface area contributed by atoms with Crippen LogP contribution in [0.4, 0.5) is 0 Å². The Morgan fingerprint density at radius 3 is 1.80 bits per heavy atom. The van der Waals surface area contributed by atoms with Gasteiger partial charge in [-0.2, -0.15) is 0 Å². The van der Waals surface area contributed by atoms with E-state index in [9.17, 15) is 0 Å². The second-order valence-corrected chi connectivity index (χ2v) is 4.15. The van der Waals surface area contributed by atoms with E-state index < -0.39 is 0 Å². The molecule has 0 spiro atoms. The van der Waals surface area contributed by atoms with Gasteiger partial charge in [-0.1, -0.05) is 27.7 Å². The van der Waals surface area contributed by atoms with Gasteiger partial charge in [-0.25, -0.2) is 0 Å². The molecule has 0 heteroatoms. The zero-order valence-electron chi connectivity index (χ0n) is 7.43. The molecule has 0 aliphatic heterocycles. The molecule has 1 radical (unpaired) electrons. The smallest absolute Gasteiger partial charge is 0.0391 e. The van der Waals surface area contributed by atoms with Gasteiger partial charge in [0.25, 0.3) is 0 Å². The fourth-order valence-corrected chi connectivity index (χ4v) is 2.14. The first-order valence-electron chi connectivity index (χ1n) is 4.44. The van der Waals surface area contributed by atoms with Gasteiger partial charge >= 0.3 is 0 Å². The van der Waals surface area contributed by atoms with Gasteiger partial charge in [-0.15, -0.1) is 0 Å². The first kappa shape index (κ1) is 8.10. The quantitative estimate of drug-likeness (QED) is 0.483. The summed E-state index contributed by atoms with van der Waals surface area (Å²) >= 11 is 0. The van der Waals surface area contributed by atoms with E-state index in [4.69, 9.17) is 0 Å². The van der Waals surface area contributed by atoms with Gasteiger partial charge in [0, 0.05) is 0 Å². The van der Waals surface area contributed by atoms with Crippen molar-refractivity contribution in [3.63, 3.8) is 0 Å². The predicted molar refractivity (Wildman–Crippen MR) is 45.6 cm³/mol. The van der Waals surface area contributed by atoms with E-state index >= 15 is 0 Å². The lowest BCUT2D eigenvalue weighted by Gasteiger charge is -2.35. The molecule has 1 aliphatic rings. The van der Waals surface area contributed by atoms with Crippen LogP contribution >= 0.6 is 0 Å². The van der Waals surface area contributed by atoms with Crippen molar-refractivity contribution in [2.45, 2.75) is 33.6 Å². The number of rotatable bonds is 0. The maximum atomic E-state index is 4.13. The van der Waals surface area contributed by atoms with Gasteiger partial charge in [0.05, 0.1) is 0 Å². The molecule has 2 unspecified atom stereocenters. The van der Waals surface area contributed by atoms with Crippen molar-refractivity contribution < 1.29 is 0 Å². The zero-order chi connectivity index (χ0) is 7.72. The van der Waals surface area contributed by atoms with Crippen molar-refractivity contribution >= 4 is 0 Å². The third-order valence-corrected chi connectivity index (χ3v) is 3.21. The molecular weight excluding hydrogens is 120 g/mol. The summed E-state index contributed by atoms with van der Waals surface area (Å²) in [7, 11) is 0. The second-order valence-electron chi connectivity index (χ2n) is 4.15. The SMILES string of the molecule is [CH2]C1CC(C)C(C)C(C)C1. The molecule has 0 amide bonds. The van der Waals surface area contributed by atoms with Crippen molar-refractivity contribution in [1.82, 2.24) is 0 Å². The highest BCUT2D eigenvalue weighted by atomic mass is 14.3. The molecule has 10 heavy (non-hydrogen) atoms. The van der Waals surface area contributed by atoms with E-state index in [2.05, 4.69) is 27.7 Å². The standard InChI is InChI=1S/C10H19/c1-7-5-8(2)10(4)9(3)6-7/h7-10H,1,5-6H2,2-4H3. The van der Waals surface area contributed by atoms with E-state index in [1.165, 1.54) is 12.8 Å². The lowest BCUT2D eigenvalue weighted by molar-refractivity contribution is 0.163. The minimum Gasteiger partial charge on any atom is -0.0622 e. The minimum atomic E-state index is 0.723. The first-order valence-corrected chi connectivity index (χ1v) is 4.44. The van der Waals surface area contributed by atoms with Crippen LogP contribution in [0.25, 0.3) is 0 Å². The molecule has 1 fully saturated rings. The summed E-state index contributed by atoms with van der Waals surface area (Å²) in [5, 5.41) is 0. The maximum absolute atomic E-state index is 4.13. The highest BCUT2D eigenvalue weighted by Crippen LogP contribution is 2.36. The Bertz CT molecular complexity index is 94.6. The highest BCUT2D eigenvalue weighted by Gasteiger charge is 2.27. The highest BCUT2D eigenvalue weighted by molar-refractivity contribution is 4.80. The molecule has 59 valence electrons. The molecule has 1 saturated carbocycles. The zero-order valence-corrected chi connectivity index (χ0v) is 7.43. The molecule has 2 atom stereocenters. The molecule has 1 aliphatic carbocycles. The molecule has 0 nitrogen and oxygen atoms in total. The lowest BCUT2D eigenvalue weighted by Crippen LogP contribution is -2.26. The van der Waals surface area contributed by atoms with Crippen molar-refractivity contribution in [2.24, 2.45) is 23.7 Å². The van der Waals surface area contributed by atoms with Crippen molar-refractivity contribution in [2.75, 3.05) is 0 Å². The van der Waals surface area contributed by atoms with Gasteiger partial charge in [0.2, 0.25) is 0 Å². The number of hydrogen-bond acceptors (Lipinski definition) is 0. The van der Waals surface area contributed by atoms with Gasteiger partial charge in [-0.3, -0.25) is 0 Å². The predicted octanol–water partition coefficient (Wildman–Crippen LogP) is 3.14. The maximum Gasteiger partial charge on any atom is -0.0391 e. The summed E-state index contributed by atoms with van der Waals surface area (Å²) in [4.78, 5) is 0. The third kappa shape index (κ3) is 1.53. The molecule has 0 aromatic rings. The lowest BCUT2D eigenvalue weighted by atomic mass is 9.71. The van der Waals surface area contributed by atoms with Crippen LogP contribution < -0.4 is 0 Å². The Labute approximate surface area is 65.0 Å². The van der Waals surface area contributed by atoms with Gasteiger partial charge in [-0.05, 0) is 36.5 Å². The van der Waals surface area contributed by atoms with Crippen LogP contribution in [0.15, 0.2) is 0 Å². The molecule has 1 rings (SSSR count). The largest absolute Gasteiger partial charge is 0.0622 e. The normalized spacial score (nSPS) is 49.2. The van der Waals surface area contributed by atoms with Crippen LogP contribution in [0.2, 0.25) is 0 Å². The van der Waals surface area contributed by atoms with Gasteiger partial charge in [0.15, 0.2) is 0 Å². The average Bonchev–Trinajstić information content (AvgIpc) is 1.82. The van der Waals surface area contributed by atoms with Crippen molar-refractivity contribution in [3.8, 4) is 0 Å². The summed E-state index contributed by atoms with van der Waals surface area (Å²) in [5.41, 5.74) is 0. The Morgan fingerprint density at radius 2 is 1.40 bits per heavy atom. The third-order valence-electron chi connectivity index (χ3n) is 3.21. The first-order chi connectivity index (χ1) is 4.61. The van der Waals surface area contributed by atoms with Crippen LogP contribution in [0.5, 0.6) is 0 Å². The Balaban J connectivity index is 2.49. The molecule has 0 heterocycles. The monoisotopic (exact) mass is 139 g/mol. The Hall–Kier alpha value is 0. The topological polar surface area (TPSA) is 0 Å².